The Morgan fingerprint density at radius 3 is 2.02 bits per heavy atom. The fraction of sp³-hybridized carbons (Fsp3) is 0.235. The molecule has 0 aliphatic heterocycles. The first-order valence-electron chi connectivity index (χ1n) is 14.8. The van der Waals surface area contributed by atoms with E-state index in [-0.39, 0.29) is 24.8 Å². The maximum Gasteiger partial charge on any atom is 0.354 e. The van der Waals surface area contributed by atoms with Crippen LogP contribution in [-0.2, 0) is 30.2 Å². The minimum Gasteiger partial charge on any atom is -0.466 e. The molecule has 262 valence electrons. The van der Waals surface area contributed by atoms with E-state index in [1.807, 2.05) is 6.07 Å². The molecule has 16 heteroatoms. The largest absolute Gasteiger partial charge is 0.466 e. The molecule has 0 atom stereocenters. The van der Waals surface area contributed by atoms with Crippen molar-refractivity contribution in [1.82, 2.24) is 4.98 Å². The van der Waals surface area contributed by atoms with E-state index in [0.29, 0.717) is 36.7 Å². The van der Waals surface area contributed by atoms with Gasteiger partial charge in [0.2, 0.25) is 0 Å². The van der Waals surface area contributed by atoms with Crippen LogP contribution in [0.25, 0.3) is 44.7 Å². The van der Waals surface area contributed by atoms with Crippen molar-refractivity contribution in [2.45, 2.75) is 27.2 Å². The lowest BCUT2D eigenvalue weighted by molar-refractivity contribution is -0.141. The molecule has 1 aliphatic rings. The molecule has 1 aliphatic carbocycles. The van der Waals surface area contributed by atoms with Gasteiger partial charge in [-0.05, 0) is 73.7 Å². The third-order valence-corrected chi connectivity index (χ3v) is 5.80. The molecule has 1 N–H and O–H groups in total. The highest BCUT2D eigenvalue weighted by Crippen LogP contribution is 2.28. The molecule has 3 heterocycles. The van der Waals surface area contributed by atoms with Gasteiger partial charge >= 0.3 is 17.9 Å². The molecule has 0 radical (unpaired) electrons. The van der Waals surface area contributed by atoms with Crippen LogP contribution in [0.5, 0.6) is 0 Å². The van der Waals surface area contributed by atoms with Crippen LogP contribution >= 0.6 is 0 Å². The molecule has 0 unspecified atom stereocenters. The van der Waals surface area contributed by atoms with Crippen LogP contribution in [0.3, 0.4) is 0 Å². The van der Waals surface area contributed by atoms with Crippen molar-refractivity contribution >= 4 is 48.0 Å². The predicted molar refractivity (Wildman–Crippen MR) is 186 cm³/mol. The molecule has 0 saturated heterocycles. The van der Waals surface area contributed by atoms with E-state index in [1.54, 1.807) is 51.1 Å². The fourth-order valence-electron chi connectivity index (χ4n) is 3.64. The maximum atomic E-state index is 11.4. The van der Waals surface area contributed by atoms with Crippen LogP contribution in [0.15, 0.2) is 87.4 Å². The molecule has 50 heavy (non-hydrogen) atoms. The average Bonchev–Trinajstić information content (AvgIpc) is 3.93. The number of nitrogens with zero attached hydrogens (tertiary/aromatic N) is 6. The van der Waals surface area contributed by atoms with Gasteiger partial charge in [-0.2, -0.15) is 0 Å². The van der Waals surface area contributed by atoms with E-state index in [9.17, 15) is 19.2 Å². The van der Waals surface area contributed by atoms with E-state index in [4.69, 9.17) is 29.4 Å². The number of aldehydes is 1. The van der Waals surface area contributed by atoms with Crippen LogP contribution < -0.4 is 0 Å². The minimum atomic E-state index is -0.693. The number of allylic oxidation sites excluding steroid dienone is 3. The van der Waals surface area contributed by atoms with E-state index in [0.717, 1.165) is 34.4 Å². The number of esters is 3. The van der Waals surface area contributed by atoms with Gasteiger partial charge in [0.05, 0.1) is 32.3 Å². The van der Waals surface area contributed by atoms with Gasteiger partial charge in [-0.1, -0.05) is 54.3 Å². The summed E-state index contributed by atoms with van der Waals surface area (Å²) in [5.41, 5.74) is 21.2. The van der Waals surface area contributed by atoms with Crippen LogP contribution in [0, 0.1) is 0 Å². The highest BCUT2D eigenvalue weighted by molar-refractivity contribution is 5.93. The number of aromatic nitrogens is 1. The summed E-state index contributed by atoms with van der Waals surface area (Å²) in [6.45, 7) is 16.6. The molecular weight excluding hydrogens is 650 g/mol. The summed E-state index contributed by atoms with van der Waals surface area (Å²) in [6, 6.07) is 5.12. The predicted octanol–water partition coefficient (Wildman–Crippen LogP) is 8.05. The van der Waals surface area contributed by atoms with Gasteiger partial charge in [0.1, 0.15) is 23.7 Å². The second-order valence-electron chi connectivity index (χ2n) is 9.10. The van der Waals surface area contributed by atoms with E-state index in [1.165, 1.54) is 18.6 Å². The van der Waals surface area contributed by atoms with Gasteiger partial charge in [-0.3, -0.25) is 9.59 Å². The summed E-state index contributed by atoms with van der Waals surface area (Å²) in [4.78, 5) is 51.2. The molecule has 16 nitrogen and oxygen atoms in total. The topological polar surface area (TPSA) is 236 Å². The number of nitrogens with one attached hydrogen (secondary N) is 1. The summed E-state index contributed by atoms with van der Waals surface area (Å²) < 4.78 is 24.0. The lowest BCUT2D eigenvalue weighted by Gasteiger charge is -1.99. The normalized spacial score (nSPS) is 10.5. The van der Waals surface area contributed by atoms with Gasteiger partial charge in [-0.15, -0.1) is 0 Å². The summed E-state index contributed by atoms with van der Waals surface area (Å²) in [6.07, 6.45) is 12.9. The Bertz CT molecular complexity index is 1770. The molecule has 0 aromatic carbocycles. The first-order chi connectivity index (χ1) is 24.1. The van der Waals surface area contributed by atoms with Crippen LogP contribution in [0.1, 0.15) is 70.0 Å². The second kappa shape index (κ2) is 23.5. The number of azide groups is 2. The summed E-state index contributed by atoms with van der Waals surface area (Å²) in [5.74, 6) is -0.757. The molecule has 0 amide bonds. The fourth-order valence-corrected chi connectivity index (χ4v) is 3.64. The first-order valence-corrected chi connectivity index (χ1v) is 14.8. The van der Waals surface area contributed by atoms with E-state index >= 15 is 0 Å². The van der Waals surface area contributed by atoms with Crippen molar-refractivity contribution in [3.05, 3.63) is 129 Å². The van der Waals surface area contributed by atoms with Crippen LogP contribution in [0.4, 0.5) is 0 Å². The van der Waals surface area contributed by atoms with E-state index < -0.39 is 11.9 Å². The average molecular weight is 688 g/mol. The van der Waals surface area contributed by atoms with Crippen molar-refractivity contribution in [3.63, 3.8) is 0 Å². The van der Waals surface area contributed by atoms with Gasteiger partial charge in [0.15, 0.2) is 12.0 Å². The molecular formula is C34H37N7O9. The van der Waals surface area contributed by atoms with Gasteiger partial charge < -0.3 is 28.0 Å². The lowest BCUT2D eigenvalue weighted by atomic mass is 10.2. The number of rotatable bonds is 13. The molecule has 0 spiro atoms. The highest BCUT2D eigenvalue weighted by atomic mass is 16.5. The highest BCUT2D eigenvalue weighted by Gasteiger charge is 2.19. The Kier molecular flexibility index (Phi) is 19.4. The quantitative estimate of drug-likeness (QED) is 0.0347. The van der Waals surface area contributed by atoms with E-state index in [2.05, 4.69) is 55.6 Å². The zero-order valence-corrected chi connectivity index (χ0v) is 27.9. The van der Waals surface area contributed by atoms with Crippen molar-refractivity contribution < 1.29 is 42.2 Å². The Labute approximate surface area is 287 Å². The Morgan fingerprint density at radius 1 is 0.900 bits per heavy atom. The van der Waals surface area contributed by atoms with Crippen molar-refractivity contribution in [2.24, 2.45) is 10.2 Å². The van der Waals surface area contributed by atoms with Gasteiger partial charge in [0.25, 0.3) is 0 Å². The molecule has 3 aromatic rings. The van der Waals surface area contributed by atoms with Crippen molar-refractivity contribution in [2.75, 3.05) is 26.4 Å². The van der Waals surface area contributed by atoms with Gasteiger partial charge in [-0.25, -0.2) is 9.59 Å². The second-order valence-corrected chi connectivity index (χ2v) is 9.10. The maximum absolute atomic E-state index is 11.4. The smallest absolute Gasteiger partial charge is 0.354 e. The number of fused-ring (bicyclic) bond motifs is 1. The van der Waals surface area contributed by atoms with Crippen molar-refractivity contribution in [3.8, 4) is 0 Å². The number of ether oxygens (including phenoxy) is 3. The summed E-state index contributed by atoms with van der Waals surface area (Å²) >= 11 is 0. The first kappa shape index (κ1) is 41.3. The Balaban J connectivity index is 0.000000347. The van der Waals surface area contributed by atoms with Crippen LogP contribution in [0.2, 0.25) is 0 Å². The number of furan rings is 2. The molecule has 3 aromatic heterocycles. The van der Waals surface area contributed by atoms with Crippen molar-refractivity contribution in [1.29, 1.82) is 0 Å². The SMILES string of the molecule is C=CC1=CCc2cc(C(=O)OCC)[nH]c21.C=Cc1coc(/C=C(\N=[N+]=[N-])C(=O)OCC)c1.C=Cc1coc(C=O)c1.CCOC(=O)CN=[N+]=[N-]. The zero-order chi connectivity index (χ0) is 37.3. The number of carbonyl (C=O) groups excluding carboxylic acids is 4. The van der Waals surface area contributed by atoms with Gasteiger partial charge in [0, 0.05) is 26.6 Å². The molecule has 0 fully saturated rings. The third-order valence-electron chi connectivity index (χ3n) is 5.80. The standard InChI is InChI=1S/C12H13NO2.C11H11N3O3.C7H6O2.C4H7N3O2/c1-3-8-5-6-9-7-10(13-11(8)9)12(14)15-4-2;1-3-8-5-9(17-7-8)6-10(13-14-12)11(15)16-4-2;1-2-6-3-7(4-8)9-5-6;1-2-9-4(8)3-6-7-5/h3,5,7,13H,1,4,6H2,2H3;3,5-7H,1,4H2,2H3;2-5H,1H2;2-3H2,1H3/b;10-6-;;. The number of hydrogen-bond acceptors (Lipinski definition) is 11. The summed E-state index contributed by atoms with van der Waals surface area (Å²) in [7, 11) is 0. The molecule has 0 bridgehead atoms. The monoisotopic (exact) mass is 687 g/mol. The zero-order valence-electron chi connectivity index (χ0n) is 27.9. The Morgan fingerprint density at radius 2 is 1.52 bits per heavy atom. The number of carbonyl (C=O) groups is 4. The van der Waals surface area contributed by atoms with Crippen LogP contribution in [-0.4, -0.2) is 55.5 Å². The number of H-pyrrole nitrogens is 1. The summed E-state index contributed by atoms with van der Waals surface area (Å²) in [5, 5.41) is 6.25. The minimum absolute atomic E-state index is 0.153. The number of aromatic amines is 1. The third kappa shape index (κ3) is 14.3. The number of hydrogen-bond donors (Lipinski definition) is 1. The lowest BCUT2D eigenvalue weighted by Crippen LogP contribution is -2.06. The molecule has 4 rings (SSSR count). The molecule has 0 saturated carbocycles. The Hall–Kier alpha value is -6.76.